The highest BCUT2D eigenvalue weighted by Crippen LogP contribution is 2.22. The van der Waals surface area contributed by atoms with Crippen molar-refractivity contribution in [2.24, 2.45) is 0 Å². The Kier molecular flexibility index (Phi) is 7.74. The largest absolute Gasteiger partial charge is 0.325 e. The average molecular weight is 499 g/mol. The van der Waals surface area contributed by atoms with E-state index in [1.54, 1.807) is 28.6 Å². The maximum atomic E-state index is 12.9. The smallest absolute Gasteiger partial charge is 0.243 e. The van der Waals surface area contributed by atoms with Gasteiger partial charge in [0.05, 0.1) is 22.9 Å². The van der Waals surface area contributed by atoms with E-state index in [-0.39, 0.29) is 34.9 Å². The molecule has 3 saturated heterocycles. The third-order valence-electron chi connectivity index (χ3n) is 6.84. The number of sulfone groups is 1. The summed E-state index contributed by atoms with van der Waals surface area (Å²) in [7, 11) is -6.40. The molecule has 33 heavy (non-hydrogen) atoms. The Bertz CT molecular complexity index is 1030. The normalized spacial score (nSPS) is 25.5. The summed E-state index contributed by atoms with van der Waals surface area (Å²) in [6, 6.07) is 6.51. The molecule has 3 heterocycles. The zero-order valence-corrected chi connectivity index (χ0v) is 20.6. The predicted octanol–water partition coefficient (Wildman–Crippen LogP) is 0.995. The lowest BCUT2D eigenvalue weighted by atomic mass is 10.2. The first kappa shape index (κ1) is 24.6. The summed E-state index contributed by atoms with van der Waals surface area (Å²) >= 11 is 0. The lowest BCUT2D eigenvalue weighted by Gasteiger charge is -2.37. The molecule has 3 aliphatic heterocycles. The van der Waals surface area contributed by atoms with E-state index in [0.29, 0.717) is 25.2 Å². The number of sulfonamides is 1. The molecule has 9 nitrogen and oxygen atoms in total. The van der Waals surface area contributed by atoms with Crippen molar-refractivity contribution in [1.29, 1.82) is 0 Å². The van der Waals surface area contributed by atoms with Gasteiger partial charge in [-0.1, -0.05) is 12.8 Å². The standard InChI is InChI=1S/C22H34N4O5S2/c27-22(17-24-12-14-25(15-13-24)20-9-16-32(28,29)18-20)23-19-5-7-21(8-6-19)33(30,31)26-10-3-1-2-4-11-26/h5-8,20H,1-4,9-18H2,(H,23,27)/t20-/m1/s1. The molecule has 184 valence electrons. The first-order valence-electron chi connectivity index (χ1n) is 11.8. The number of nitrogens with one attached hydrogen (secondary N) is 1. The predicted molar refractivity (Wildman–Crippen MR) is 127 cm³/mol. The highest BCUT2D eigenvalue weighted by atomic mass is 32.2. The van der Waals surface area contributed by atoms with Gasteiger partial charge in [-0.15, -0.1) is 0 Å². The summed E-state index contributed by atoms with van der Waals surface area (Å²) in [5.74, 6) is 0.380. The van der Waals surface area contributed by atoms with Crippen LogP contribution in [0.25, 0.3) is 0 Å². The maximum Gasteiger partial charge on any atom is 0.243 e. The van der Waals surface area contributed by atoms with E-state index in [9.17, 15) is 21.6 Å². The zero-order chi connectivity index (χ0) is 23.5. The first-order chi connectivity index (χ1) is 15.7. The molecule has 0 aromatic heterocycles. The van der Waals surface area contributed by atoms with Crippen molar-refractivity contribution in [3.05, 3.63) is 24.3 Å². The van der Waals surface area contributed by atoms with E-state index in [1.807, 2.05) is 0 Å². The average Bonchev–Trinajstić information content (AvgIpc) is 2.97. The molecule has 0 aliphatic carbocycles. The van der Waals surface area contributed by atoms with E-state index in [2.05, 4.69) is 15.1 Å². The number of anilines is 1. The number of hydrogen-bond acceptors (Lipinski definition) is 7. The third-order valence-corrected chi connectivity index (χ3v) is 10.5. The Balaban J connectivity index is 1.25. The van der Waals surface area contributed by atoms with Gasteiger partial charge in [-0.05, 0) is 43.5 Å². The monoisotopic (exact) mass is 498 g/mol. The molecule has 1 atom stereocenters. The number of carbonyl (C=O) groups excluding carboxylic acids is 1. The molecule has 0 saturated carbocycles. The first-order valence-corrected chi connectivity index (χ1v) is 15.1. The van der Waals surface area contributed by atoms with Crippen LogP contribution in [-0.2, 0) is 24.7 Å². The number of amides is 1. The van der Waals surface area contributed by atoms with Crippen LogP contribution in [0.15, 0.2) is 29.2 Å². The van der Waals surface area contributed by atoms with Gasteiger partial charge in [0.2, 0.25) is 15.9 Å². The Morgan fingerprint density at radius 1 is 0.939 bits per heavy atom. The number of carbonyl (C=O) groups is 1. The van der Waals surface area contributed by atoms with E-state index in [0.717, 1.165) is 51.9 Å². The maximum absolute atomic E-state index is 12.9. The van der Waals surface area contributed by atoms with Crippen molar-refractivity contribution in [3.63, 3.8) is 0 Å². The van der Waals surface area contributed by atoms with Crippen LogP contribution in [0.1, 0.15) is 32.1 Å². The van der Waals surface area contributed by atoms with Crippen LogP contribution in [0.2, 0.25) is 0 Å². The minimum Gasteiger partial charge on any atom is -0.325 e. The van der Waals surface area contributed by atoms with Crippen LogP contribution in [-0.4, -0.2) is 100 Å². The van der Waals surface area contributed by atoms with Gasteiger partial charge in [0.25, 0.3) is 0 Å². The van der Waals surface area contributed by atoms with Crippen LogP contribution < -0.4 is 5.32 Å². The molecule has 1 N–H and O–H groups in total. The number of nitrogens with zero attached hydrogens (tertiary/aromatic N) is 3. The van der Waals surface area contributed by atoms with Gasteiger partial charge in [-0.25, -0.2) is 16.8 Å². The second-order valence-corrected chi connectivity index (χ2v) is 13.4. The summed E-state index contributed by atoms with van der Waals surface area (Å²) in [6.45, 7) is 4.33. The second kappa shape index (κ2) is 10.4. The lowest BCUT2D eigenvalue weighted by molar-refractivity contribution is -0.117. The number of piperazine rings is 1. The Morgan fingerprint density at radius 3 is 2.15 bits per heavy atom. The fourth-order valence-electron chi connectivity index (χ4n) is 4.89. The van der Waals surface area contributed by atoms with Crippen molar-refractivity contribution in [2.75, 3.05) is 62.6 Å². The molecule has 3 fully saturated rings. The van der Waals surface area contributed by atoms with Crippen molar-refractivity contribution in [1.82, 2.24) is 14.1 Å². The van der Waals surface area contributed by atoms with Crippen LogP contribution in [0.3, 0.4) is 0 Å². The molecule has 4 rings (SSSR count). The van der Waals surface area contributed by atoms with Crippen molar-refractivity contribution in [3.8, 4) is 0 Å². The molecule has 0 unspecified atom stereocenters. The highest BCUT2D eigenvalue weighted by molar-refractivity contribution is 7.91. The van der Waals surface area contributed by atoms with E-state index in [1.165, 1.54) is 0 Å². The van der Waals surface area contributed by atoms with Crippen LogP contribution in [0.5, 0.6) is 0 Å². The van der Waals surface area contributed by atoms with Gasteiger partial charge in [-0.2, -0.15) is 4.31 Å². The summed E-state index contributed by atoms with van der Waals surface area (Å²) in [6.07, 6.45) is 4.61. The Morgan fingerprint density at radius 2 is 1.58 bits per heavy atom. The summed E-state index contributed by atoms with van der Waals surface area (Å²) in [5.41, 5.74) is 0.574. The fraction of sp³-hybridized carbons (Fsp3) is 0.682. The molecule has 1 aromatic rings. The van der Waals surface area contributed by atoms with Gasteiger partial charge < -0.3 is 5.32 Å². The van der Waals surface area contributed by atoms with Crippen molar-refractivity contribution < 1.29 is 21.6 Å². The topological polar surface area (TPSA) is 107 Å². The molecule has 0 radical (unpaired) electrons. The Hall–Kier alpha value is -1.53. The van der Waals surface area contributed by atoms with Crippen molar-refractivity contribution >= 4 is 31.5 Å². The number of benzene rings is 1. The summed E-state index contributed by atoms with van der Waals surface area (Å²) in [4.78, 5) is 17.0. The number of rotatable bonds is 6. The van der Waals surface area contributed by atoms with Gasteiger partial charge in [0.15, 0.2) is 9.84 Å². The third kappa shape index (κ3) is 6.33. The van der Waals surface area contributed by atoms with E-state index < -0.39 is 19.9 Å². The lowest BCUT2D eigenvalue weighted by Crippen LogP contribution is -2.52. The minimum absolute atomic E-state index is 0.107. The molecule has 11 heteroatoms. The zero-order valence-electron chi connectivity index (χ0n) is 19.0. The second-order valence-electron chi connectivity index (χ2n) is 9.26. The van der Waals surface area contributed by atoms with E-state index in [4.69, 9.17) is 0 Å². The van der Waals surface area contributed by atoms with Crippen LogP contribution >= 0.6 is 0 Å². The van der Waals surface area contributed by atoms with E-state index >= 15 is 0 Å². The molecular formula is C22H34N4O5S2. The molecule has 0 spiro atoms. The Labute approximate surface area is 197 Å². The van der Waals surface area contributed by atoms with Gasteiger partial charge in [0, 0.05) is 51.0 Å². The molecule has 1 aromatic carbocycles. The minimum atomic E-state index is -3.50. The molecule has 3 aliphatic rings. The van der Waals surface area contributed by atoms with Crippen LogP contribution in [0, 0.1) is 0 Å². The highest BCUT2D eigenvalue weighted by Gasteiger charge is 2.34. The van der Waals surface area contributed by atoms with Crippen molar-refractivity contribution in [2.45, 2.75) is 43.0 Å². The quantitative estimate of drug-likeness (QED) is 0.623. The number of hydrogen-bond donors (Lipinski definition) is 1. The molecule has 1 amide bonds. The summed E-state index contributed by atoms with van der Waals surface area (Å²) < 4.78 is 50.8. The molecule has 0 bridgehead atoms. The fourth-order valence-corrected chi connectivity index (χ4v) is 8.17. The van der Waals surface area contributed by atoms with Crippen LogP contribution in [0.4, 0.5) is 5.69 Å². The molecular weight excluding hydrogens is 464 g/mol. The SMILES string of the molecule is O=C(CN1CCN([C@@H]2CCS(=O)(=O)C2)CC1)Nc1ccc(S(=O)(=O)N2CCCCCC2)cc1. The summed E-state index contributed by atoms with van der Waals surface area (Å²) in [5, 5.41) is 2.85. The van der Waals surface area contributed by atoms with Gasteiger partial charge >= 0.3 is 0 Å². The van der Waals surface area contributed by atoms with Gasteiger partial charge in [0.1, 0.15) is 0 Å². The van der Waals surface area contributed by atoms with Gasteiger partial charge in [-0.3, -0.25) is 14.6 Å².